The molecule has 1 atom stereocenters. The van der Waals surface area contributed by atoms with Gasteiger partial charge in [-0.25, -0.2) is 4.79 Å². The molecule has 1 aliphatic heterocycles. The first kappa shape index (κ1) is 11.1. The second kappa shape index (κ2) is 4.34. The van der Waals surface area contributed by atoms with Crippen molar-refractivity contribution in [2.45, 2.75) is 6.04 Å². The molecule has 0 saturated carbocycles. The molecule has 0 bridgehead atoms. The zero-order valence-corrected chi connectivity index (χ0v) is 9.70. The van der Waals surface area contributed by atoms with Crippen molar-refractivity contribution in [2.24, 2.45) is 0 Å². The third kappa shape index (κ3) is 1.73. The predicted octanol–water partition coefficient (Wildman–Crippen LogP) is 1.72. The highest BCUT2D eigenvalue weighted by Gasteiger charge is 2.30. The van der Waals surface area contributed by atoms with Crippen molar-refractivity contribution in [1.82, 2.24) is 0 Å². The number of carboxylic acids is 1. The molecule has 3 rings (SSSR count). The highest BCUT2D eigenvalue weighted by molar-refractivity contribution is 5.93. The van der Waals surface area contributed by atoms with Crippen molar-refractivity contribution in [2.75, 3.05) is 24.7 Å². The Morgan fingerprint density at radius 1 is 1.39 bits per heavy atom. The molecule has 94 valence electrons. The van der Waals surface area contributed by atoms with Gasteiger partial charge < -0.3 is 19.2 Å². The fourth-order valence-corrected chi connectivity index (χ4v) is 2.33. The number of rotatable bonds is 2. The van der Waals surface area contributed by atoms with E-state index in [9.17, 15) is 9.90 Å². The van der Waals surface area contributed by atoms with Crippen LogP contribution in [0.25, 0.3) is 11.0 Å². The molecule has 5 heteroatoms. The first-order chi connectivity index (χ1) is 8.77. The van der Waals surface area contributed by atoms with E-state index in [-0.39, 0.29) is 6.61 Å². The van der Waals surface area contributed by atoms with Gasteiger partial charge >= 0.3 is 5.97 Å². The van der Waals surface area contributed by atoms with E-state index in [0.29, 0.717) is 13.2 Å². The molecule has 5 nitrogen and oxygen atoms in total. The van der Waals surface area contributed by atoms with E-state index in [1.165, 1.54) is 0 Å². The Labute approximate surface area is 104 Å². The van der Waals surface area contributed by atoms with Crippen LogP contribution in [0.4, 0.5) is 5.69 Å². The van der Waals surface area contributed by atoms with E-state index in [4.69, 9.17) is 9.15 Å². The lowest BCUT2D eigenvalue weighted by Crippen LogP contribution is -2.50. The zero-order chi connectivity index (χ0) is 12.5. The number of carbonyl (C=O) groups is 1. The van der Waals surface area contributed by atoms with Gasteiger partial charge in [0.15, 0.2) is 6.04 Å². The Morgan fingerprint density at radius 3 is 3.11 bits per heavy atom. The smallest absolute Gasteiger partial charge is 0.328 e. The van der Waals surface area contributed by atoms with Crippen LogP contribution in [0.15, 0.2) is 34.9 Å². The Kier molecular flexibility index (Phi) is 2.68. The van der Waals surface area contributed by atoms with Crippen molar-refractivity contribution in [3.05, 3.63) is 30.5 Å². The van der Waals surface area contributed by atoms with Gasteiger partial charge in [0.2, 0.25) is 0 Å². The largest absolute Gasteiger partial charge is 0.480 e. The number of furan rings is 1. The molecule has 1 unspecified atom stereocenters. The SMILES string of the molecule is O=C(O)C1COCCN1c1cccc2occc12. The standard InChI is InChI=1S/C13H13NO4/c15-13(16)11-8-17-7-5-14(11)10-2-1-3-12-9(10)4-6-18-12/h1-4,6,11H,5,7-8H2,(H,15,16). The summed E-state index contributed by atoms with van der Waals surface area (Å²) >= 11 is 0. The normalized spacial score (nSPS) is 20.2. The number of aliphatic carboxylic acids is 1. The van der Waals surface area contributed by atoms with Crippen molar-refractivity contribution in [1.29, 1.82) is 0 Å². The van der Waals surface area contributed by atoms with E-state index >= 15 is 0 Å². The summed E-state index contributed by atoms with van der Waals surface area (Å²) in [7, 11) is 0. The summed E-state index contributed by atoms with van der Waals surface area (Å²) < 4.78 is 10.6. The lowest BCUT2D eigenvalue weighted by molar-refractivity contribution is -0.141. The van der Waals surface area contributed by atoms with Crippen molar-refractivity contribution >= 4 is 22.6 Å². The molecular weight excluding hydrogens is 234 g/mol. The van der Waals surface area contributed by atoms with Crippen LogP contribution in [0.2, 0.25) is 0 Å². The van der Waals surface area contributed by atoms with Gasteiger partial charge in [-0.2, -0.15) is 0 Å². The fraction of sp³-hybridized carbons (Fsp3) is 0.308. The highest BCUT2D eigenvalue weighted by atomic mass is 16.5. The number of nitrogens with zero attached hydrogens (tertiary/aromatic N) is 1. The maximum atomic E-state index is 11.3. The van der Waals surface area contributed by atoms with E-state index in [1.807, 2.05) is 29.2 Å². The third-order valence-corrected chi connectivity index (χ3v) is 3.20. The van der Waals surface area contributed by atoms with Gasteiger partial charge in [0.05, 0.1) is 19.5 Å². The minimum absolute atomic E-state index is 0.212. The summed E-state index contributed by atoms with van der Waals surface area (Å²) in [6.45, 7) is 1.32. The first-order valence-electron chi connectivity index (χ1n) is 5.81. The minimum Gasteiger partial charge on any atom is -0.480 e. The van der Waals surface area contributed by atoms with Crippen LogP contribution < -0.4 is 4.90 Å². The molecule has 1 saturated heterocycles. The molecule has 0 spiro atoms. The molecule has 1 aromatic carbocycles. The van der Waals surface area contributed by atoms with Gasteiger partial charge in [0.25, 0.3) is 0 Å². The van der Waals surface area contributed by atoms with Crippen LogP contribution in [0.5, 0.6) is 0 Å². The molecular formula is C13H13NO4. The van der Waals surface area contributed by atoms with Crippen LogP contribution in [-0.2, 0) is 9.53 Å². The van der Waals surface area contributed by atoms with E-state index < -0.39 is 12.0 Å². The molecule has 1 aromatic heterocycles. The lowest BCUT2D eigenvalue weighted by atomic mass is 10.1. The number of benzene rings is 1. The number of anilines is 1. The van der Waals surface area contributed by atoms with E-state index in [1.54, 1.807) is 6.26 Å². The Balaban J connectivity index is 2.06. The summed E-state index contributed by atoms with van der Waals surface area (Å²) in [6, 6.07) is 6.88. The first-order valence-corrected chi connectivity index (χ1v) is 5.81. The van der Waals surface area contributed by atoms with Crippen molar-refractivity contribution in [3.8, 4) is 0 Å². The van der Waals surface area contributed by atoms with Crippen LogP contribution in [-0.4, -0.2) is 36.9 Å². The average Bonchev–Trinajstić information content (AvgIpc) is 2.86. The Morgan fingerprint density at radius 2 is 2.28 bits per heavy atom. The highest BCUT2D eigenvalue weighted by Crippen LogP contribution is 2.30. The van der Waals surface area contributed by atoms with Crippen molar-refractivity contribution in [3.63, 3.8) is 0 Å². The van der Waals surface area contributed by atoms with Crippen molar-refractivity contribution < 1.29 is 19.1 Å². The molecule has 1 N–H and O–H groups in total. The molecule has 1 aliphatic rings. The number of ether oxygens (including phenoxy) is 1. The fourth-order valence-electron chi connectivity index (χ4n) is 2.33. The molecule has 18 heavy (non-hydrogen) atoms. The molecule has 0 radical (unpaired) electrons. The average molecular weight is 247 g/mol. The third-order valence-electron chi connectivity index (χ3n) is 3.20. The quantitative estimate of drug-likeness (QED) is 0.875. The summed E-state index contributed by atoms with van der Waals surface area (Å²) in [4.78, 5) is 13.1. The van der Waals surface area contributed by atoms with Crippen LogP contribution in [0, 0.1) is 0 Å². The Hall–Kier alpha value is -2.01. The van der Waals surface area contributed by atoms with Crippen LogP contribution >= 0.6 is 0 Å². The topological polar surface area (TPSA) is 62.9 Å². The van der Waals surface area contributed by atoms with Crippen LogP contribution in [0.1, 0.15) is 0 Å². The maximum absolute atomic E-state index is 11.3. The summed E-state index contributed by atoms with van der Waals surface area (Å²) in [5.41, 5.74) is 1.65. The molecule has 0 aliphatic carbocycles. The second-order valence-electron chi connectivity index (χ2n) is 4.23. The number of hydrogen-bond donors (Lipinski definition) is 1. The number of morpholine rings is 1. The second-order valence-corrected chi connectivity index (χ2v) is 4.23. The zero-order valence-electron chi connectivity index (χ0n) is 9.70. The van der Waals surface area contributed by atoms with Gasteiger partial charge in [-0.05, 0) is 18.2 Å². The summed E-state index contributed by atoms with van der Waals surface area (Å²) in [5, 5.41) is 10.2. The lowest BCUT2D eigenvalue weighted by Gasteiger charge is -2.35. The monoisotopic (exact) mass is 247 g/mol. The van der Waals surface area contributed by atoms with E-state index in [0.717, 1.165) is 16.7 Å². The number of carboxylic acid groups (broad SMARTS) is 1. The van der Waals surface area contributed by atoms with Gasteiger partial charge in [-0.15, -0.1) is 0 Å². The number of hydrogen-bond acceptors (Lipinski definition) is 4. The summed E-state index contributed by atoms with van der Waals surface area (Å²) in [6.07, 6.45) is 1.62. The number of fused-ring (bicyclic) bond motifs is 1. The molecule has 0 amide bonds. The summed E-state index contributed by atoms with van der Waals surface area (Å²) in [5.74, 6) is -0.866. The molecule has 1 fully saturated rings. The van der Waals surface area contributed by atoms with Gasteiger partial charge in [0.1, 0.15) is 5.58 Å². The molecule has 2 aromatic rings. The van der Waals surface area contributed by atoms with E-state index in [2.05, 4.69) is 0 Å². The predicted molar refractivity (Wildman–Crippen MR) is 65.8 cm³/mol. The van der Waals surface area contributed by atoms with Crippen LogP contribution in [0.3, 0.4) is 0 Å². The maximum Gasteiger partial charge on any atom is 0.328 e. The van der Waals surface area contributed by atoms with Gasteiger partial charge in [0, 0.05) is 17.6 Å². The van der Waals surface area contributed by atoms with Gasteiger partial charge in [-0.3, -0.25) is 0 Å². The Bertz CT molecular complexity index is 577. The van der Waals surface area contributed by atoms with Gasteiger partial charge in [-0.1, -0.05) is 6.07 Å². The molecule has 2 heterocycles. The minimum atomic E-state index is -0.866.